The predicted octanol–water partition coefficient (Wildman–Crippen LogP) is 4.24. The van der Waals surface area contributed by atoms with Crippen molar-refractivity contribution in [1.82, 2.24) is 15.3 Å². The number of carbonyl (C=O) groups excluding carboxylic acids is 2. The summed E-state index contributed by atoms with van der Waals surface area (Å²) >= 11 is 1.47. The molecule has 1 aromatic heterocycles. The summed E-state index contributed by atoms with van der Waals surface area (Å²) in [5.41, 5.74) is 3.12. The molecule has 0 aliphatic heterocycles. The van der Waals surface area contributed by atoms with Crippen LogP contribution in [-0.4, -0.2) is 34.5 Å². The minimum atomic E-state index is -0.486. The molecule has 0 atom stereocenters. The lowest BCUT2D eigenvalue weighted by Crippen LogP contribution is -2.39. The van der Waals surface area contributed by atoms with E-state index in [4.69, 9.17) is 4.74 Å². The van der Waals surface area contributed by atoms with E-state index in [2.05, 4.69) is 22.2 Å². The van der Waals surface area contributed by atoms with Crippen LogP contribution in [-0.2, 0) is 15.3 Å². The lowest BCUT2D eigenvalue weighted by atomic mass is 9.87. The van der Waals surface area contributed by atoms with Crippen LogP contribution in [0.4, 0.5) is 0 Å². The summed E-state index contributed by atoms with van der Waals surface area (Å²) in [7, 11) is 0. The fraction of sp³-hybridized carbons (Fsp3) is 0.478. The molecule has 0 bridgehead atoms. The Morgan fingerprint density at radius 2 is 1.77 bits per heavy atom. The molecule has 7 heteroatoms. The molecule has 1 heterocycles. The van der Waals surface area contributed by atoms with Gasteiger partial charge in [0.05, 0.1) is 5.56 Å². The zero-order valence-electron chi connectivity index (χ0n) is 17.8. The van der Waals surface area contributed by atoms with Crippen molar-refractivity contribution in [2.45, 2.75) is 63.4 Å². The summed E-state index contributed by atoms with van der Waals surface area (Å²) in [5.74, 6) is 0.540. The van der Waals surface area contributed by atoms with Gasteiger partial charge in [-0.2, -0.15) is 0 Å². The number of ether oxygens (including phenoxy) is 1. The van der Waals surface area contributed by atoms with Crippen molar-refractivity contribution in [3.63, 3.8) is 0 Å². The quantitative estimate of drug-likeness (QED) is 0.404. The summed E-state index contributed by atoms with van der Waals surface area (Å²) in [4.78, 5) is 33.6. The van der Waals surface area contributed by atoms with Crippen molar-refractivity contribution in [3.05, 3.63) is 52.8 Å². The van der Waals surface area contributed by atoms with Gasteiger partial charge >= 0.3 is 5.97 Å². The van der Waals surface area contributed by atoms with Crippen molar-refractivity contribution < 1.29 is 14.3 Å². The van der Waals surface area contributed by atoms with E-state index in [1.54, 1.807) is 12.1 Å². The van der Waals surface area contributed by atoms with Gasteiger partial charge < -0.3 is 10.1 Å². The van der Waals surface area contributed by atoms with Crippen LogP contribution in [0.3, 0.4) is 0 Å². The maximum Gasteiger partial charge on any atom is 0.338 e. The molecule has 0 spiro atoms. The molecule has 1 amide bonds. The smallest absolute Gasteiger partial charge is 0.338 e. The minimum Gasteiger partial charge on any atom is -0.452 e. The second-order valence-electron chi connectivity index (χ2n) is 7.98. The van der Waals surface area contributed by atoms with Gasteiger partial charge in [-0.05, 0) is 63.1 Å². The van der Waals surface area contributed by atoms with Crippen molar-refractivity contribution in [1.29, 1.82) is 0 Å². The van der Waals surface area contributed by atoms with Gasteiger partial charge in [-0.1, -0.05) is 36.9 Å². The average Bonchev–Trinajstić information content (AvgIpc) is 2.72. The van der Waals surface area contributed by atoms with Crippen molar-refractivity contribution >= 4 is 23.6 Å². The standard InChI is InChI=1S/C23H29N3O3S/c1-15-8-10-19(11-9-15)26-21(27)13-29-22(28)20-7-5-4-6-18(20)14-30-23-24-16(2)12-17(3)25-23/h4-7,12,15,19H,8-11,13-14H2,1-3H3,(H,26,27). The van der Waals surface area contributed by atoms with E-state index in [9.17, 15) is 9.59 Å². The number of nitrogens with one attached hydrogen (secondary N) is 1. The highest BCUT2D eigenvalue weighted by Gasteiger charge is 2.21. The summed E-state index contributed by atoms with van der Waals surface area (Å²) in [6, 6.07) is 9.40. The molecule has 30 heavy (non-hydrogen) atoms. The number of hydrogen-bond donors (Lipinski definition) is 1. The van der Waals surface area contributed by atoms with Gasteiger partial charge in [0.25, 0.3) is 5.91 Å². The number of rotatable bonds is 7. The zero-order chi connectivity index (χ0) is 21.5. The van der Waals surface area contributed by atoms with E-state index in [-0.39, 0.29) is 18.6 Å². The monoisotopic (exact) mass is 427 g/mol. The summed E-state index contributed by atoms with van der Waals surface area (Å²) in [6.45, 7) is 5.85. The SMILES string of the molecule is Cc1cc(C)nc(SCc2ccccc2C(=O)OCC(=O)NC2CCC(C)CC2)n1. The van der Waals surface area contributed by atoms with Crippen LogP contribution in [0.1, 0.15) is 59.9 Å². The normalized spacial score (nSPS) is 18.6. The van der Waals surface area contributed by atoms with Crippen molar-refractivity contribution in [2.24, 2.45) is 5.92 Å². The molecule has 2 aromatic rings. The number of amides is 1. The first-order chi connectivity index (χ1) is 14.4. The van der Waals surface area contributed by atoms with E-state index in [1.807, 2.05) is 32.0 Å². The zero-order valence-corrected chi connectivity index (χ0v) is 18.6. The highest BCUT2D eigenvalue weighted by Crippen LogP contribution is 2.24. The van der Waals surface area contributed by atoms with E-state index >= 15 is 0 Å². The largest absolute Gasteiger partial charge is 0.452 e. The lowest BCUT2D eigenvalue weighted by Gasteiger charge is -2.26. The van der Waals surface area contributed by atoms with Crippen LogP contribution in [0.15, 0.2) is 35.5 Å². The molecule has 1 N–H and O–H groups in total. The van der Waals surface area contributed by atoms with Gasteiger partial charge in [0, 0.05) is 23.2 Å². The Balaban J connectivity index is 1.54. The molecule has 3 rings (SSSR count). The first-order valence-electron chi connectivity index (χ1n) is 10.4. The minimum absolute atomic E-state index is 0.189. The van der Waals surface area contributed by atoms with Crippen LogP contribution < -0.4 is 5.32 Å². The third-order valence-corrected chi connectivity index (χ3v) is 6.17. The maximum absolute atomic E-state index is 12.6. The van der Waals surface area contributed by atoms with Crippen LogP contribution in [0, 0.1) is 19.8 Å². The van der Waals surface area contributed by atoms with Crippen molar-refractivity contribution in [3.8, 4) is 0 Å². The summed E-state index contributed by atoms with van der Waals surface area (Å²) in [6.07, 6.45) is 4.22. The molecule has 0 radical (unpaired) electrons. The molecule has 160 valence electrons. The first kappa shape index (κ1) is 22.3. The van der Waals surface area contributed by atoms with Crippen molar-refractivity contribution in [2.75, 3.05) is 6.61 Å². The Kier molecular flexibility index (Phi) is 7.85. The molecule has 0 saturated heterocycles. The molecular weight excluding hydrogens is 398 g/mol. The third-order valence-electron chi connectivity index (χ3n) is 5.27. The molecule has 6 nitrogen and oxygen atoms in total. The van der Waals surface area contributed by atoms with E-state index < -0.39 is 5.97 Å². The maximum atomic E-state index is 12.6. The Hall–Kier alpha value is -2.41. The molecule has 0 unspecified atom stereocenters. The van der Waals surface area contributed by atoms with Crippen LogP contribution in [0.5, 0.6) is 0 Å². The number of aryl methyl sites for hydroxylation is 2. The predicted molar refractivity (Wildman–Crippen MR) is 117 cm³/mol. The Labute approximate surface area is 182 Å². The second kappa shape index (κ2) is 10.6. The van der Waals surface area contributed by atoms with E-state index in [0.29, 0.717) is 16.5 Å². The Bertz CT molecular complexity index is 875. The number of benzene rings is 1. The van der Waals surface area contributed by atoms with Crippen LogP contribution in [0.25, 0.3) is 0 Å². The number of aromatic nitrogens is 2. The molecular formula is C23H29N3O3S. The number of nitrogens with zero attached hydrogens (tertiary/aromatic N) is 2. The number of esters is 1. The van der Waals surface area contributed by atoms with Crippen LogP contribution in [0.2, 0.25) is 0 Å². The highest BCUT2D eigenvalue weighted by atomic mass is 32.2. The number of thioether (sulfide) groups is 1. The lowest BCUT2D eigenvalue weighted by molar-refractivity contribution is -0.125. The van der Waals surface area contributed by atoms with Gasteiger partial charge in [-0.3, -0.25) is 4.79 Å². The van der Waals surface area contributed by atoms with Gasteiger partial charge in [-0.15, -0.1) is 0 Å². The highest BCUT2D eigenvalue weighted by molar-refractivity contribution is 7.98. The number of carbonyl (C=O) groups is 2. The fourth-order valence-electron chi connectivity index (χ4n) is 3.63. The number of hydrogen-bond acceptors (Lipinski definition) is 6. The third kappa shape index (κ3) is 6.55. The van der Waals surface area contributed by atoms with Gasteiger partial charge in [-0.25, -0.2) is 14.8 Å². The Morgan fingerprint density at radius 3 is 2.47 bits per heavy atom. The van der Waals surface area contributed by atoms with E-state index in [1.165, 1.54) is 11.8 Å². The van der Waals surface area contributed by atoms with E-state index in [0.717, 1.165) is 48.6 Å². The summed E-state index contributed by atoms with van der Waals surface area (Å²) < 4.78 is 5.29. The molecule has 1 saturated carbocycles. The van der Waals surface area contributed by atoms with Gasteiger partial charge in [0.15, 0.2) is 11.8 Å². The van der Waals surface area contributed by atoms with Crippen LogP contribution >= 0.6 is 11.8 Å². The second-order valence-corrected chi connectivity index (χ2v) is 8.92. The average molecular weight is 428 g/mol. The summed E-state index contributed by atoms with van der Waals surface area (Å²) in [5, 5.41) is 3.66. The molecule has 1 fully saturated rings. The molecule has 1 aliphatic carbocycles. The van der Waals surface area contributed by atoms with Gasteiger partial charge in [0.2, 0.25) is 0 Å². The molecule has 1 aliphatic rings. The van der Waals surface area contributed by atoms with Gasteiger partial charge in [0.1, 0.15) is 0 Å². The Morgan fingerprint density at radius 1 is 1.10 bits per heavy atom. The first-order valence-corrected chi connectivity index (χ1v) is 11.4. The fourth-order valence-corrected chi connectivity index (χ4v) is 4.58. The molecule has 1 aromatic carbocycles. The topological polar surface area (TPSA) is 81.2 Å².